The van der Waals surface area contributed by atoms with Gasteiger partial charge in [-0.05, 0) is 106 Å². The molecule has 0 fully saturated rings. The molecule has 0 radical (unpaired) electrons. The van der Waals surface area contributed by atoms with Crippen LogP contribution < -0.4 is 0 Å². The predicted octanol–water partition coefficient (Wildman–Crippen LogP) is 14.5. The van der Waals surface area contributed by atoms with Crippen LogP contribution in [0, 0.1) is 0 Å². The lowest BCUT2D eigenvalue weighted by Gasteiger charge is -2.15. The Bertz CT molecular complexity index is 3810. The van der Waals surface area contributed by atoms with Gasteiger partial charge in [-0.25, -0.2) is 0 Å². The van der Waals surface area contributed by atoms with E-state index in [0.717, 1.165) is 65.4 Å². The van der Waals surface area contributed by atoms with Crippen LogP contribution in [0.25, 0.3) is 99.5 Å². The number of aromatic nitrogens is 2. The Labute approximate surface area is 342 Å². The average molecular weight is 725 g/mol. The Morgan fingerprint density at radius 2 is 0.893 bits per heavy atom. The second-order valence-electron chi connectivity index (χ2n) is 13.6. The van der Waals surface area contributed by atoms with Crippen LogP contribution in [0.2, 0.25) is 0 Å². The van der Waals surface area contributed by atoms with Gasteiger partial charge in [0.1, 0.15) is 0 Å². The Kier molecular flexibility index (Phi) is 5.19. The molecule has 2 nitrogen and oxygen atoms in total. The van der Waals surface area contributed by atoms with Crippen LogP contribution in [0.3, 0.4) is 0 Å². The summed E-state index contributed by atoms with van der Waals surface area (Å²) in [5, 5.41) is 1.85. The van der Waals surface area contributed by atoms with E-state index in [1.165, 1.54) is 0 Å². The summed E-state index contributed by atoms with van der Waals surface area (Å²) in [5.74, 6) is 0. The minimum atomic E-state index is -0.691. The van der Waals surface area contributed by atoms with Crippen LogP contribution in [-0.2, 0) is 0 Å². The molecule has 56 heavy (non-hydrogen) atoms. The van der Waals surface area contributed by atoms with Gasteiger partial charge in [0.25, 0.3) is 0 Å². The minimum Gasteiger partial charge on any atom is -0.309 e. The predicted molar refractivity (Wildman–Crippen MR) is 237 cm³/mol. The number of para-hydroxylation sites is 3. The molecule has 0 atom stereocenters. The minimum absolute atomic E-state index is 0.0214. The lowest BCUT2D eigenvalue weighted by atomic mass is 9.97. The normalized spacial score (nSPS) is 14.6. The zero-order valence-corrected chi connectivity index (χ0v) is 29.8. The van der Waals surface area contributed by atoms with Crippen LogP contribution in [0.4, 0.5) is 0 Å². The fourth-order valence-electron chi connectivity index (χ4n) is 7.90. The molecular weight excluding hydrogens is 677 g/mol. The molecule has 9 aromatic carbocycles. The summed E-state index contributed by atoms with van der Waals surface area (Å²) in [6.07, 6.45) is 0. The summed E-state index contributed by atoms with van der Waals surface area (Å²) in [7, 11) is 0. The zero-order valence-electron chi connectivity index (χ0n) is 41.8. The van der Waals surface area contributed by atoms with E-state index in [1.807, 2.05) is 66.7 Å². The molecule has 2 heteroatoms. The van der Waals surface area contributed by atoms with Crippen LogP contribution in [-0.4, -0.2) is 9.13 Å². The molecule has 0 bridgehead atoms. The molecule has 0 aliphatic heterocycles. The summed E-state index contributed by atoms with van der Waals surface area (Å²) in [6, 6.07) is 41.8. The van der Waals surface area contributed by atoms with Crippen LogP contribution in [0.1, 0.15) is 16.4 Å². The molecule has 11 aromatic rings. The first-order chi connectivity index (χ1) is 32.8. The first kappa shape index (κ1) is 22.1. The molecule has 2 heterocycles. The topological polar surface area (TPSA) is 9.86 Å². The summed E-state index contributed by atoms with van der Waals surface area (Å²) in [4.78, 5) is 0. The van der Waals surface area contributed by atoms with E-state index >= 15 is 0 Å². The maximum atomic E-state index is 9.79. The maximum Gasteiger partial charge on any atom is 0.0645 e. The molecule has 0 saturated carbocycles. The molecule has 0 amide bonds. The van der Waals surface area contributed by atoms with E-state index in [1.54, 1.807) is 12.1 Å². The van der Waals surface area contributed by atoms with Crippen molar-refractivity contribution in [2.45, 2.75) is 0 Å². The van der Waals surface area contributed by atoms with Crippen molar-refractivity contribution in [2.75, 3.05) is 0 Å². The molecule has 0 saturated heterocycles. The molecule has 2 aromatic heterocycles. The Hall–Kier alpha value is -7.42. The van der Waals surface area contributed by atoms with Crippen molar-refractivity contribution in [2.24, 2.45) is 0 Å². The van der Waals surface area contributed by atoms with Gasteiger partial charge in [-0.15, -0.1) is 0 Å². The summed E-state index contributed by atoms with van der Waals surface area (Å²) < 4.78 is 110. The van der Waals surface area contributed by atoms with Crippen LogP contribution >= 0.6 is 0 Å². The van der Waals surface area contributed by atoms with Gasteiger partial charge in [-0.2, -0.15) is 0 Å². The fraction of sp³-hybridized carbons (Fsp3) is 0. The molecular formula is C54H36N2. The summed E-state index contributed by atoms with van der Waals surface area (Å²) in [5.41, 5.74) is 8.22. The lowest BCUT2D eigenvalue weighted by Crippen LogP contribution is -1.97. The van der Waals surface area contributed by atoms with Crippen molar-refractivity contribution in [3.63, 3.8) is 0 Å². The van der Waals surface area contributed by atoms with Crippen LogP contribution in [0.15, 0.2) is 218 Å². The van der Waals surface area contributed by atoms with Gasteiger partial charge < -0.3 is 9.13 Å². The highest BCUT2D eigenvalue weighted by atomic mass is 15.0. The van der Waals surface area contributed by atoms with E-state index in [9.17, 15) is 4.11 Å². The average Bonchev–Trinajstić information content (AvgIpc) is 3.89. The molecule has 0 unspecified atom stereocenters. The van der Waals surface area contributed by atoms with E-state index in [4.69, 9.17) is 12.3 Å². The number of fused-ring (bicyclic) bond motifs is 6. The summed E-state index contributed by atoms with van der Waals surface area (Å²) in [6.45, 7) is 0. The lowest BCUT2D eigenvalue weighted by molar-refractivity contribution is 1.18. The fourth-order valence-corrected chi connectivity index (χ4v) is 7.90. The van der Waals surface area contributed by atoms with Gasteiger partial charge in [-0.3, -0.25) is 0 Å². The van der Waals surface area contributed by atoms with Gasteiger partial charge in [0.15, 0.2) is 0 Å². The van der Waals surface area contributed by atoms with Gasteiger partial charge in [-0.1, -0.05) is 151 Å². The Morgan fingerprint density at radius 3 is 1.61 bits per heavy atom. The number of benzene rings is 9. The van der Waals surface area contributed by atoms with Gasteiger partial charge in [0.2, 0.25) is 0 Å². The largest absolute Gasteiger partial charge is 0.309 e. The first-order valence-corrected chi connectivity index (χ1v) is 18.3. The van der Waals surface area contributed by atoms with Crippen molar-refractivity contribution in [1.29, 1.82) is 0 Å². The van der Waals surface area contributed by atoms with E-state index in [0.29, 0.717) is 5.56 Å². The monoisotopic (exact) mass is 724 g/mol. The van der Waals surface area contributed by atoms with E-state index in [-0.39, 0.29) is 33.4 Å². The molecule has 11 rings (SSSR count). The second-order valence-corrected chi connectivity index (χ2v) is 13.6. The Morgan fingerprint density at radius 1 is 0.321 bits per heavy atom. The standard InChI is InChI=1S/C54H36N2/c1-4-15-37(16-5-1)40-27-31-53-48(34-40)49-35-41(38-17-6-2-7-18-38)28-32-54(49)56(53)50-25-12-10-23-45(50)43-20-14-19-39(33-43)42-29-30-52-47(36-42)46-24-11-13-26-51(46)55(52)44-21-8-3-9-22-44/h1-36H/i3D,8D,9D,11D,13D,21D,22D,24D,26D,29D,30D,36D. The second kappa shape index (κ2) is 13.2. The summed E-state index contributed by atoms with van der Waals surface area (Å²) >= 11 is 0. The van der Waals surface area contributed by atoms with Gasteiger partial charge in [0, 0.05) is 32.8 Å². The highest BCUT2D eigenvalue weighted by Gasteiger charge is 2.18. The van der Waals surface area contributed by atoms with Crippen molar-refractivity contribution in [1.82, 2.24) is 9.13 Å². The maximum absolute atomic E-state index is 9.79. The number of hydrogen-bond donors (Lipinski definition) is 0. The van der Waals surface area contributed by atoms with Crippen molar-refractivity contribution in [3.05, 3.63) is 218 Å². The van der Waals surface area contributed by atoms with Crippen molar-refractivity contribution >= 4 is 43.6 Å². The van der Waals surface area contributed by atoms with Gasteiger partial charge >= 0.3 is 0 Å². The molecule has 262 valence electrons. The number of rotatable bonds is 6. The van der Waals surface area contributed by atoms with Crippen LogP contribution in [0.5, 0.6) is 0 Å². The van der Waals surface area contributed by atoms with Crippen molar-refractivity contribution < 1.29 is 16.4 Å². The zero-order chi connectivity index (χ0) is 47.4. The third kappa shape index (κ3) is 5.26. The number of hydrogen-bond acceptors (Lipinski definition) is 0. The highest BCUT2D eigenvalue weighted by molar-refractivity contribution is 6.13. The molecule has 0 aliphatic rings. The van der Waals surface area contributed by atoms with E-state index < -0.39 is 72.2 Å². The Balaban J connectivity index is 1.15. The highest BCUT2D eigenvalue weighted by Crippen LogP contribution is 2.41. The van der Waals surface area contributed by atoms with Crippen molar-refractivity contribution in [3.8, 4) is 55.9 Å². The molecule has 0 N–H and O–H groups in total. The third-order valence-corrected chi connectivity index (χ3v) is 10.5. The quantitative estimate of drug-likeness (QED) is 0.162. The molecule has 0 aliphatic carbocycles. The van der Waals surface area contributed by atoms with E-state index in [2.05, 4.69) is 71.3 Å². The molecule has 0 spiro atoms. The SMILES string of the molecule is [2H]c1c([2H])c([2H])c(-n2c3c([2H])c([2H])c([2H])c([2H])c3c3c([2H])c(-c4cccc(-c5ccccc5-n5c6ccc(-c7ccccc7)cc6c6cc(-c7ccccc7)ccc65)c4)c([2H])c([2H])c32)c([2H])c1[2H]. The number of nitrogens with zero attached hydrogens (tertiary/aromatic N) is 2. The smallest absolute Gasteiger partial charge is 0.0645 e. The first-order valence-electron chi connectivity index (χ1n) is 24.3. The third-order valence-electron chi connectivity index (χ3n) is 10.5. The van der Waals surface area contributed by atoms with Gasteiger partial charge in [0.05, 0.1) is 44.2 Å².